The molecule has 14 heavy (non-hydrogen) atoms. The van der Waals surface area contributed by atoms with Crippen molar-refractivity contribution in [2.24, 2.45) is 5.41 Å². The Labute approximate surface area is 88.3 Å². The van der Waals surface area contributed by atoms with E-state index in [-0.39, 0.29) is 17.1 Å². The third-order valence-corrected chi connectivity index (χ3v) is 2.10. The highest BCUT2D eigenvalue weighted by atomic mass is 16.3. The third-order valence-electron chi connectivity index (χ3n) is 2.10. The molecule has 0 saturated carbocycles. The first-order chi connectivity index (χ1) is 6.08. The molecule has 0 bridgehead atoms. The lowest BCUT2D eigenvalue weighted by atomic mass is 9.86. The number of aliphatic hydroxyl groups excluding tert-OH is 1. The monoisotopic (exact) mass is 202 g/mol. The Hall–Kier alpha value is -0.120. The molecule has 0 radical (unpaired) electrons. The van der Waals surface area contributed by atoms with Crippen molar-refractivity contribution in [1.82, 2.24) is 10.6 Å². The molecular weight excluding hydrogens is 176 g/mol. The highest BCUT2D eigenvalue weighted by Gasteiger charge is 2.31. The minimum atomic E-state index is -0.410. The van der Waals surface area contributed by atoms with E-state index in [1.54, 1.807) is 0 Å². The molecule has 0 saturated heterocycles. The summed E-state index contributed by atoms with van der Waals surface area (Å²) in [5.41, 5.74) is -0.119. The standard InChI is InChI=1S/C11H26N2O/c1-10(2,3)8(14)9(12-7)13-11(4,5)6/h8-9,12-14H,1-7H3. The predicted octanol–water partition coefficient (Wildman–Crippen LogP) is 1.33. The molecule has 0 spiro atoms. The predicted molar refractivity (Wildman–Crippen MR) is 61.2 cm³/mol. The Morgan fingerprint density at radius 1 is 1.00 bits per heavy atom. The van der Waals surface area contributed by atoms with Gasteiger partial charge in [0.05, 0.1) is 12.3 Å². The zero-order valence-electron chi connectivity index (χ0n) is 10.6. The first-order valence-corrected chi connectivity index (χ1v) is 5.21. The Kier molecular flexibility index (Phi) is 4.56. The van der Waals surface area contributed by atoms with Crippen LogP contribution in [0.15, 0.2) is 0 Å². The summed E-state index contributed by atoms with van der Waals surface area (Å²) in [7, 11) is 1.86. The van der Waals surface area contributed by atoms with Gasteiger partial charge in [-0.2, -0.15) is 0 Å². The van der Waals surface area contributed by atoms with Crippen LogP contribution in [0.2, 0.25) is 0 Å². The van der Waals surface area contributed by atoms with Gasteiger partial charge in [0.15, 0.2) is 0 Å². The molecule has 0 aliphatic heterocycles. The van der Waals surface area contributed by atoms with Crippen molar-refractivity contribution >= 4 is 0 Å². The Bertz CT molecular complexity index is 167. The van der Waals surface area contributed by atoms with Crippen LogP contribution in [-0.4, -0.2) is 30.0 Å². The first-order valence-electron chi connectivity index (χ1n) is 5.21. The second kappa shape index (κ2) is 4.60. The zero-order chi connectivity index (χ0) is 11.6. The van der Waals surface area contributed by atoms with Gasteiger partial charge in [-0.25, -0.2) is 0 Å². The molecule has 3 N–H and O–H groups in total. The number of hydrogen-bond donors (Lipinski definition) is 3. The normalized spacial score (nSPS) is 18.0. The molecule has 0 fully saturated rings. The molecule has 0 aromatic carbocycles. The summed E-state index contributed by atoms with van der Waals surface area (Å²) in [6.45, 7) is 12.4. The molecule has 0 aliphatic carbocycles. The molecule has 0 rings (SSSR count). The number of nitrogens with one attached hydrogen (secondary N) is 2. The van der Waals surface area contributed by atoms with Crippen molar-refractivity contribution in [3.63, 3.8) is 0 Å². The number of hydrogen-bond acceptors (Lipinski definition) is 3. The zero-order valence-corrected chi connectivity index (χ0v) is 10.6. The lowest BCUT2D eigenvalue weighted by Gasteiger charge is -2.37. The molecule has 2 unspecified atom stereocenters. The maximum Gasteiger partial charge on any atom is 0.0872 e. The van der Waals surface area contributed by atoms with Crippen molar-refractivity contribution in [3.8, 4) is 0 Å². The van der Waals surface area contributed by atoms with Gasteiger partial charge >= 0.3 is 0 Å². The van der Waals surface area contributed by atoms with E-state index in [1.165, 1.54) is 0 Å². The number of aliphatic hydroxyl groups is 1. The minimum Gasteiger partial charge on any atom is -0.390 e. The first kappa shape index (κ1) is 13.9. The average molecular weight is 202 g/mol. The number of rotatable bonds is 3. The SMILES string of the molecule is CNC(NC(C)(C)C)C(O)C(C)(C)C. The fraction of sp³-hybridized carbons (Fsp3) is 1.00. The van der Waals surface area contributed by atoms with Gasteiger partial charge in [-0.15, -0.1) is 0 Å². The van der Waals surface area contributed by atoms with E-state index in [0.717, 1.165) is 0 Å². The van der Waals surface area contributed by atoms with Crippen LogP contribution in [0.5, 0.6) is 0 Å². The van der Waals surface area contributed by atoms with Gasteiger partial charge in [0, 0.05) is 5.54 Å². The van der Waals surface area contributed by atoms with Crippen molar-refractivity contribution < 1.29 is 5.11 Å². The molecule has 3 heteroatoms. The Morgan fingerprint density at radius 3 is 1.64 bits per heavy atom. The third kappa shape index (κ3) is 4.94. The van der Waals surface area contributed by atoms with E-state index in [2.05, 4.69) is 31.4 Å². The van der Waals surface area contributed by atoms with Gasteiger partial charge in [0.2, 0.25) is 0 Å². The van der Waals surface area contributed by atoms with Crippen LogP contribution in [0.3, 0.4) is 0 Å². The van der Waals surface area contributed by atoms with E-state index >= 15 is 0 Å². The summed E-state index contributed by atoms with van der Waals surface area (Å²) in [4.78, 5) is 0. The second-order valence-corrected chi connectivity index (χ2v) is 5.97. The minimum absolute atomic E-state index is 0.0000926. The molecule has 3 nitrogen and oxygen atoms in total. The van der Waals surface area contributed by atoms with Gasteiger partial charge < -0.3 is 10.4 Å². The lowest BCUT2D eigenvalue weighted by Crippen LogP contribution is -2.59. The van der Waals surface area contributed by atoms with Crippen LogP contribution in [0.1, 0.15) is 41.5 Å². The summed E-state index contributed by atoms with van der Waals surface area (Å²) in [5.74, 6) is 0. The molecule has 0 amide bonds. The van der Waals surface area contributed by atoms with Gasteiger partial charge in [0.1, 0.15) is 0 Å². The van der Waals surface area contributed by atoms with Gasteiger partial charge in [0.25, 0.3) is 0 Å². The van der Waals surface area contributed by atoms with Crippen LogP contribution in [0.4, 0.5) is 0 Å². The smallest absolute Gasteiger partial charge is 0.0872 e. The summed E-state index contributed by atoms with van der Waals surface area (Å²) in [6.07, 6.45) is -0.485. The van der Waals surface area contributed by atoms with E-state index in [9.17, 15) is 5.11 Å². The van der Waals surface area contributed by atoms with Crippen LogP contribution in [-0.2, 0) is 0 Å². The molecule has 0 aliphatic rings. The summed E-state index contributed by atoms with van der Waals surface area (Å²) >= 11 is 0. The summed E-state index contributed by atoms with van der Waals surface area (Å²) in [6, 6.07) is 0. The Morgan fingerprint density at radius 2 is 1.43 bits per heavy atom. The molecule has 86 valence electrons. The van der Waals surface area contributed by atoms with Gasteiger partial charge in [-0.05, 0) is 33.2 Å². The van der Waals surface area contributed by atoms with Crippen LogP contribution in [0, 0.1) is 5.41 Å². The van der Waals surface area contributed by atoms with E-state index in [4.69, 9.17) is 0 Å². The van der Waals surface area contributed by atoms with E-state index in [1.807, 2.05) is 27.8 Å². The van der Waals surface area contributed by atoms with Crippen LogP contribution >= 0.6 is 0 Å². The van der Waals surface area contributed by atoms with E-state index < -0.39 is 6.10 Å². The van der Waals surface area contributed by atoms with Gasteiger partial charge in [-0.1, -0.05) is 20.8 Å². The highest BCUT2D eigenvalue weighted by Crippen LogP contribution is 2.21. The van der Waals surface area contributed by atoms with Crippen LogP contribution in [0.25, 0.3) is 0 Å². The van der Waals surface area contributed by atoms with Crippen molar-refractivity contribution in [2.75, 3.05) is 7.05 Å². The lowest BCUT2D eigenvalue weighted by molar-refractivity contribution is 0.0122. The fourth-order valence-electron chi connectivity index (χ4n) is 1.28. The van der Waals surface area contributed by atoms with Crippen LogP contribution < -0.4 is 10.6 Å². The van der Waals surface area contributed by atoms with Gasteiger partial charge in [-0.3, -0.25) is 5.32 Å². The highest BCUT2D eigenvalue weighted by molar-refractivity contribution is 4.86. The molecule has 2 atom stereocenters. The molecule has 0 aromatic rings. The second-order valence-electron chi connectivity index (χ2n) is 5.97. The van der Waals surface area contributed by atoms with Crippen molar-refractivity contribution in [2.45, 2.75) is 59.4 Å². The molecule has 0 aromatic heterocycles. The summed E-state index contributed by atoms with van der Waals surface area (Å²) in [5, 5.41) is 16.5. The maximum absolute atomic E-state index is 10.1. The van der Waals surface area contributed by atoms with Crippen molar-refractivity contribution in [1.29, 1.82) is 0 Å². The maximum atomic E-state index is 10.1. The Balaban J connectivity index is 4.42. The largest absolute Gasteiger partial charge is 0.390 e. The van der Waals surface area contributed by atoms with E-state index in [0.29, 0.717) is 0 Å². The quantitative estimate of drug-likeness (QED) is 0.605. The topological polar surface area (TPSA) is 44.3 Å². The summed E-state index contributed by atoms with van der Waals surface area (Å²) < 4.78 is 0. The average Bonchev–Trinajstić information content (AvgIpc) is 1.95. The fourth-order valence-corrected chi connectivity index (χ4v) is 1.28. The van der Waals surface area contributed by atoms with Crippen molar-refractivity contribution in [3.05, 3.63) is 0 Å². The molecular formula is C11H26N2O. The molecule has 0 heterocycles. The number of likely N-dealkylation sites (N-methyl/N-ethyl adjacent to an activating group) is 1.